The van der Waals surface area contributed by atoms with Gasteiger partial charge in [-0.05, 0) is 35.6 Å². The molecular formula is C22H16Cl2F3NO2. The van der Waals surface area contributed by atoms with Gasteiger partial charge in [0.05, 0.1) is 12.1 Å². The minimum absolute atomic E-state index is 0.0410. The Kier molecular flexibility index (Phi) is 6.68. The van der Waals surface area contributed by atoms with E-state index in [1.54, 1.807) is 42.5 Å². The van der Waals surface area contributed by atoms with Crippen LogP contribution < -0.4 is 4.90 Å². The monoisotopic (exact) mass is 453 g/mol. The summed E-state index contributed by atoms with van der Waals surface area (Å²) in [6.07, 6.45) is -6.06. The molecule has 0 bridgehead atoms. The van der Waals surface area contributed by atoms with Gasteiger partial charge >= 0.3 is 6.18 Å². The fourth-order valence-corrected chi connectivity index (χ4v) is 3.62. The number of anilines is 1. The molecule has 3 rings (SSSR count). The van der Waals surface area contributed by atoms with Gasteiger partial charge in [0.2, 0.25) is 11.7 Å². The molecule has 0 aliphatic rings. The zero-order valence-electron chi connectivity index (χ0n) is 15.5. The number of hydrogen-bond donors (Lipinski definition) is 0. The van der Waals surface area contributed by atoms with E-state index < -0.39 is 24.3 Å². The standard InChI is InChI=1S/C22H16Cl2F3NO2/c23-16-9-8-15(18(24)12-16)10-11-28(21(30)13-20(29)22(25,26)27)19-7-3-5-14-4-1-2-6-17(14)19/h1-9,12H,10-11,13H2. The molecule has 0 saturated carbocycles. The molecule has 0 aliphatic carbocycles. The number of benzene rings is 3. The van der Waals surface area contributed by atoms with Gasteiger partial charge in [-0.15, -0.1) is 0 Å². The summed E-state index contributed by atoms with van der Waals surface area (Å²) in [5, 5.41) is 2.34. The third kappa shape index (κ3) is 5.12. The topological polar surface area (TPSA) is 37.4 Å². The van der Waals surface area contributed by atoms with Gasteiger partial charge in [0, 0.05) is 22.0 Å². The number of halogens is 5. The Labute approximate surface area is 181 Å². The maximum absolute atomic E-state index is 12.8. The van der Waals surface area contributed by atoms with E-state index in [1.165, 1.54) is 4.90 Å². The smallest absolute Gasteiger partial charge is 0.311 e. The molecule has 156 valence electrons. The van der Waals surface area contributed by atoms with E-state index in [1.807, 2.05) is 18.2 Å². The van der Waals surface area contributed by atoms with Crippen molar-refractivity contribution in [2.75, 3.05) is 11.4 Å². The number of nitrogens with zero attached hydrogens (tertiary/aromatic N) is 1. The lowest BCUT2D eigenvalue weighted by molar-refractivity contribution is -0.171. The molecule has 3 aromatic carbocycles. The minimum Gasteiger partial charge on any atom is -0.311 e. The molecule has 0 N–H and O–H groups in total. The van der Waals surface area contributed by atoms with Crippen molar-refractivity contribution in [3.05, 3.63) is 76.3 Å². The lowest BCUT2D eigenvalue weighted by Crippen LogP contribution is -2.37. The van der Waals surface area contributed by atoms with Crippen LogP contribution in [0.15, 0.2) is 60.7 Å². The Morgan fingerprint density at radius 2 is 1.63 bits per heavy atom. The summed E-state index contributed by atoms with van der Waals surface area (Å²) in [4.78, 5) is 25.4. The van der Waals surface area contributed by atoms with Crippen LogP contribution in [-0.4, -0.2) is 24.4 Å². The Morgan fingerprint density at radius 3 is 2.33 bits per heavy atom. The summed E-state index contributed by atoms with van der Waals surface area (Å²) in [7, 11) is 0. The highest BCUT2D eigenvalue weighted by molar-refractivity contribution is 6.35. The normalized spacial score (nSPS) is 11.5. The molecule has 0 unspecified atom stereocenters. The molecule has 0 aliphatic heterocycles. The van der Waals surface area contributed by atoms with E-state index in [9.17, 15) is 22.8 Å². The number of hydrogen-bond acceptors (Lipinski definition) is 2. The lowest BCUT2D eigenvalue weighted by atomic mass is 10.1. The molecule has 30 heavy (non-hydrogen) atoms. The predicted molar refractivity (Wildman–Crippen MR) is 112 cm³/mol. The number of carbonyl (C=O) groups excluding carboxylic acids is 2. The van der Waals surface area contributed by atoms with Crippen LogP contribution in [-0.2, 0) is 16.0 Å². The van der Waals surface area contributed by atoms with Crippen molar-refractivity contribution < 1.29 is 22.8 Å². The molecule has 0 spiro atoms. The summed E-state index contributed by atoms with van der Waals surface area (Å²) in [5.74, 6) is -3.01. The maximum atomic E-state index is 12.8. The van der Waals surface area contributed by atoms with E-state index in [4.69, 9.17) is 23.2 Å². The van der Waals surface area contributed by atoms with Gasteiger partial charge in [-0.1, -0.05) is 65.7 Å². The van der Waals surface area contributed by atoms with Crippen molar-refractivity contribution in [2.45, 2.75) is 19.0 Å². The van der Waals surface area contributed by atoms with Gasteiger partial charge in [-0.25, -0.2) is 0 Å². The van der Waals surface area contributed by atoms with Crippen LogP contribution in [0.25, 0.3) is 10.8 Å². The first-order valence-corrected chi connectivity index (χ1v) is 9.74. The van der Waals surface area contributed by atoms with Crippen LogP contribution in [0.2, 0.25) is 10.0 Å². The van der Waals surface area contributed by atoms with E-state index in [2.05, 4.69) is 0 Å². The SMILES string of the molecule is O=C(CC(=O)C(F)(F)F)N(CCc1ccc(Cl)cc1Cl)c1cccc2ccccc12. The van der Waals surface area contributed by atoms with Crippen molar-refractivity contribution in [2.24, 2.45) is 0 Å². The van der Waals surface area contributed by atoms with Gasteiger partial charge in [-0.3, -0.25) is 9.59 Å². The molecule has 3 aromatic rings. The molecule has 8 heteroatoms. The van der Waals surface area contributed by atoms with Crippen molar-refractivity contribution in [1.82, 2.24) is 0 Å². The molecule has 0 saturated heterocycles. The summed E-state index contributed by atoms with van der Waals surface area (Å²) in [6.45, 7) is 0.0410. The number of Topliss-reactive ketones (excluding diaryl/α,β-unsaturated/α-hetero) is 1. The van der Waals surface area contributed by atoms with Gasteiger partial charge in [0.15, 0.2) is 0 Å². The molecule has 3 nitrogen and oxygen atoms in total. The quantitative estimate of drug-likeness (QED) is 0.414. The van der Waals surface area contributed by atoms with Gasteiger partial charge in [0.1, 0.15) is 0 Å². The highest BCUT2D eigenvalue weighted by Crippen LogP contribution is 2.29. The molecular weight excluding hydrogens is 438 g/mol. The molecule has 0 fully saturated rings. The average Bonchev–Trinajstić information content (AvgIpc) is 2.69. The Hall–Kier alpha value is -2.57. The fraction of sp³-hybridized carbons (Fsp3) is 0.182. The van der Waals surface area contributed by atoms with Crippen LogP contribution in [0, 0.1) is 0 Å². The first-order chi connectivity index (χ1) is 14.2. The van der Waals surface area contributed by atoms with Gasteiger partial charge < -0.3 is 4.90 Å². The first kappa shape index (κ1) is 22.1. The van der Waals surface area contributed by atoms with Crippen molar-refractivity contribution in [1.29, 1.82) is 0 Å². The Balaban J connectivity index is 1.95. The minimum atomic E-state index is -5.07. The second-order valence-electron chi connectivity index (χ2n) is 6.63. The molecule has 0 atom stereocenters. The van der Waals surface area contributed by atoms with Crippen LogP contribution in [0.5, 0.6) is 0 Å². The average molecular weight is 454 g/mol. The van der Waals surface area contributed by atoms with Crippen molar-refractivity contribution >= 4 is 51.4 Å². The van der Waals surface area contributed by atoms with Crippen molar-refractivity contribution in [3.8, 4) is 0 Å². The third-order valence-corrected chi connectivity index (χ3v) is 5.19. The van der Waals surface area contributed by atoms with E-state index in [0.29, 0.717) is 26.7 Å². The second-order valence-corrected chi connectivity index (χ2v) is 7.47. The van der Waals surface area contributed by atoms with Crippen LogP contribution in [0.4, 0.5) is 18.9 Å². The van der Waals surface area contributed by atoms with E-state index >= 15 is 0 Å². The van der Waals surface area contributed by atoms with E-state index in [-0.39, 0.29) is 13.0 Å². The largest absolute Gasteiger partial charge is 0.450 e. The van der Waals surface area contributed by atoms with Crippen molar-refractivity contribution in [3.63, 3.8) is 0 Å². The van der Waals surface area contributed by atoms with Gasteiger partial charge in [0.25, 0.3) is 0 Å². The summed E-state index contributed by atoms with van der Waals surface area (Å²) < 4.78 is 38.2. The zero-order valence-corrected chi connectivity index (χ0v) is 17.1. The van der Waals surface area contributed by atoms with Crippen LogP contribution >= 0.6 is 23.2 Å². The van der Waals surface area contributed by atoms with Gasteiger partial charge in [-0.2, -0.15) is 13.2 Å². The Bertz CT molecular complexity index is 1090. The highest BCUT2D eigenvalue weighted by atomic mass is 35.5. The summed E-state index contributed by atoms with van der Waals surface area (Å²) in [6, 6.07) is 17.3. The Morgan fingerprint density at radius 1 is 0.933 bits per heavy atom. The molecule has 0 radical (unpaired) electrons. The second kappa shape index (κ2) is 9.06. The number of ketones is 1. The predicted octanol–water partition coefficient (Wildman–Crippen LogP) is 6.24. The number of amides is 1. The van der Waals surface area contributed by atoms with Crippen LogP contribution in [0.1, 0.15) is 12.0 Å². The lowest BCUT2D eigenvalue weighted by Gasteiger charge is -2.25. The first-order valence-electron chi connectivity index (χ1n) is 8.99. The molecule has 1 amide bonds. The zero-order chi connectivity index (χ0) is 21.9. The number of alkyl halides is 3. The number of fused-ring (bicyclic) bond motifs is 1. The summed E-state index contributed by atoms with van der Waals surface area (Å²) >= 11 is 12.1. The van der Waals surface area contributed by atoms with E-state index in [0.717, 1.165) is 5.39 Å². The molecule has 0 heterocycles. The fourth-order valence-electron chi connectivity index (χ4n) is 3.11. The molecule has 0 aromatic heterocycles. The maximum Gasteiger partial charge on any atom is 0.450 e. The summed E-state index contributed by atoms with van der Waals surface area (Å²) in [5.41, 5.74) is 1.11. The number of rotatable bonds is 6. The highest BCUT2D eigenvalue weighted by Gasteiger charge is 2.40. The number of carbonyl (C=O) groups is 2. The third-order valence-electron chi connectivity index (χ3n) is 4.61. The van der Waals surface area contributed by atoms with Crippen LogP contribution in [0.3, 0.4) is 0 Å².